The minimum absolute atomic E-state index is 0.0404. The molecule has 2 aliphatic rings. The van der Waals surface area contributed by atoms with E-state index in [-0.39, 0.29) is 35.8 Å². The monoisotopic (exact) mass is 741 g/mol. The average molecular weight is 742 g/mol. The molecular weight excluding hydrogens is 699 g/mol. The molecule has 2 atom stereocenters. The lowest BCUT2D eigenvalue weighted by atomic mass is 9.79. The van der Waals surface area contributed by atoms with Crippen LogP contribution in [0.5, 0.6) is 0 Å². The molecule has 8 rings (SSSR count). The van der Waals surface area contributed by atoms with Gasteiger partial charge in [0.2, 0.25) is 5.91 Å². The highest BCUT2D eigenvalue weighted by atomic mass is 32.1. The number of aromatic nitrogens is 5. The van der Waals surface area contributed by atoms with Gasteiger partial charge in [-0.3, -0.25) is 23.9 Å². The van der Waals surface area contributed by atoms with E-state index in [0.29, 0.717) is 67.0 Å². The molecule has 2 aliphatic heterocycles. The summed E-state index contributed by atoms with van der Waals surface area (Å²) in [5.74, 6) is -0.530. The van der Waals surface area contributed by atoms with Gasteiger partial charge >= 0.3 is 0 Å². The van der Waals surface area contributed by atoms with Crippen LogP contribution in [0.4, 0.5) is 0 Å². The number of fused-ring (bicyclic) bond motifs is 1. The molecule has 6 aromatic rings. The topological polar surface area (TPSA) is 126 Å². The van der Waals surface area contributed by atoms with Gasteiger partial charge in [-0.15, -0.1) is 11.3 Å². The van der Waals surface area contributed by atoms with Crippen molar-refractivity contribution in [3.63, 3.8) is 0 Å². The molecule has 0 saturated carbocycles. The Labute approximate surface area is 317 Å². The Balaban J connectivity index is 0.962. The van der Waals surface area contributed by atoms with Crippen molar-refractivity contribution in [3.05, 3.63) is 124 Å². The minimum Gasteiger partial charge on any atom is -0.388 e. The fraction of sp³-hybridized carbons (Fsp3) is 0.333. The highest BCUT2D eigenvalue weighted by Crippen LogP contribution is 2.37. The molecule has 2 saturated heterocycles. The van der Waals surface area contributed by atoms with E-state index in [4.69, 9.17) is 4.98 Å². The van der Waals surface area contributed by atoms with Crippen molar-refractivity contribution >= 4 is 34.2 Å². The largest absolute Gasteiger partial charge is 0.388 e. The Kier molecular flexibility index (Phi) is 9.49. The molecule has 2 aromatic carbocycles. The SMILES string of the molecule is Cc1ccc(-c2nc(C)c(C(=O)N3CC[C@@H](C(=O)N4CCC(O)(Cn5cnc6c(-c7ccccc7)cn(C)c6c5=O)CC4)[C@H](c4ccccc4)C3)s2)cn1. The lowest BCUT2D eigenvalue weighted by molar-refractivity contribution is -0.142. The number of rotatable bonds is 7. The van der Waals surface area contributed by atoms with E-state index in [2.05, 4.69) is 9.97 Å². The summed E-state index contributed by atoms with van der Waals surface area (Å²) < 4.78 is 3.30. The Morgan fingerprint density at radius 1 is 0.907 bits per heavy atom. The molecule has 0 aliphatic carbocycles. The number of aryl methyl sites for hydroxylation is 3. The third-order valence-corrected chi connectivity index (χ3v) is 12.3. The highest BCUT2D eigenvalue weighted by molar-refractivity contribution is 7.17. The highest BCUT2D eigenvalue weighted by Gasteiger charge is 2.42. The third kappa shape index (κ3) is 6.75. The van der Waals surface area contributed by atoms with Crippen molar-refractivity contribution in [2.24, 2.45) is 13.0 Å². The first kappa shape index (κ1) is 35.6. The van der Waals surface area contributed by atoms with E-state index in [0.717, 1.165) is 33.0 Å². The number of pyridine rings is 1. The number of hydrogen-bond acceptors (Lipinski definition) is 8. The van der Waals surface area contributed by atoms with Crippen LogP contribution in [0.25, 0.3) is 32.7 Å². The zero-order valence-corrected chi connectivity index (χ0v) is 31.5. The van der Waals surface area contributed by atoms with Crippen molar-refractivity contribution in [2.75, 3.05) is 26.2 Å². The first-order valence-corrected chi connectivity index (χ1v) is 19.3. The molecule has 0 spiro atoms. The summed E-state index contributed by atoms with van der Waals surface area (Å²) >= 11 is 1.38. The third-order valence-electron chi connectivity index (χ3n) is 11.1. The van der Waals surface area contributed by atoms with Gasteiger partial charge in [0, 0.05) is 74.3 Å². The zero-order chi connectivity index (χ0) is 37.6. The molecule has 0 radical (unpaired) electrons. The predicted octanol–water partition coefficient (Wildman–Crippen LogP) is 5.84. The number of carbonyl (C=O) groups excluding carboxylic acids is 2. The summed E-state index contributed by atoms with van der Waals surface area (Å²) in [6, 6.07) is 23.7. The zero-order valence-electron chi connectivity index (χ0n) is 30.7. The van der Waals surface area contributed by atoms with Crippen LogP contribution < -0.4 is 5.56 Å². The van der Waals surface area contributed by atoms with Crippen molar-refractivity contribution in [2.45, 2.75) is 51.2 Å². The standard InChI is InChI=1S/C42H43N7O4S/c1-27-14-15-31(22-43-27)38-45-28(2)37(54-38)41(52)48-19-16-32(33(24-48)29-10-6-4-7-11-29)39(50)47-20-17-42(53,18-21-47)25-49-26-44-35-34(30-12-8-5-9-13-30)23-46(3)36(35)40(49)51/h4-15,22-23,26,32-33,53H,16-21,24-25H2,1-3H3/t32-,33+/m1/s1. The Hall–Kier alpha value is -5.46. The smallest absolute Gasteiger partial charge is 0.277 e. The number of aliphatic hydroxyl groups is 1. The second-order valence-electron chi connectivity index (χ2n) is 14.7. The van der Waals surface area contributed by atoms with Gasteiger partial charge in [0.25, 0.3) is 11.5 Å². The summed E-state index contributed by atoms with van der Waals surface area (Å²) in [6.45, 7) is 5.52. The number of benzene rings is 2. The molecule has 6 heterocycles. The van der Waals surface area contributed by atoms with Crippen LogP contribution in [-0.4, -0.2) is 82.6 Å². The molecular formula is C42H43N7O4S. The van der Waals surface area contributed by atoms with E-state index >= 15 is 0 Å². The number of amides is 2. The summed E-state index contributed by atoms with van der Waals surface area (Å²) in [6.07, 6.45) is 6.43. The van der Waals surface area contributed by atoms with Crippen LogP contribution >= 0.6 is 11.3 Å². The molecule has 0 bridgehead atoms. The fourth-order valence-electron chi connectivity index (χ4n) is 8.03. The van der Waals surface area contributed by atoms with Crippen LogP contribution in [0.1, 0.15) is 51.8 Å². The average Bonchev–Trinajstić information content (AvgIpc) is 3.76. The van der Waals surface area contributed by atoms with Crippen LogP contribution in [-0.2, 0) is 18.4 Å². The summed E-state index contributed by atoms with van der Waals surface area (Å²) in [7, 11) is 1.84. The molecule has 2 fully saturated rings. The maximum atomic E-state index is 14.3. The normalized spacial score (nSPS) is 18.6. The van der Waals surface area contributed by atoms with Crippen LogP contribution in [0.3, 0.4) is 0 Å². The summed E-state index contributed by atoms with van der Waals surface area (Å²) in [5, 5.41) is 12.5. The van der Waals surface area contributed by atoms with E-state index in [1.807, 2.05) is 110 Å². The lowest BCUT2D eigenvalue weighted by Gasteiger charge is -2.43. The molecule has 4 aromatic heterocycles. The first-order valence-electron chi connectivity index (χ1n) is 18.4. The van der Waals surface area contributed by atoms with Crippen LogP contribution in [0.2, 0.25) is 0 Å². The van der Waals surface area contributed by atoms with Crippen LogP contribution in [0.15, 0.2) is 96.3 Å². The first-order chi connectivity index (χ1) is 26.1. The summed E-state index contributed by atoms with van der Waals surface area (Å²) in [5.41, 5.74) is 5.11. The molecule has 11 nitrogen and oxygen atoms in total. The molecule has 0 unspecified atom stereocenters. The van der Waals surface area contributed by atoms with Crippen molar-refractivity contribution in [3.8, 4) is 21.7 Å². The van der Waals surface area contributed by atoms with E-state index in [9.17, 15) is 19.5 Å². The molecule has 2 amide bonds. The number of carbonyl (C=O) groups is 2. The quantitative estimate of drug-likeness (QED) is 0.218. The summed E-state index contributed by atoms with van der Waals surface area (Å²) in [4.78, 5) is 60.1. The molecule has 1 N–H and O–H groups in total. The molecule has 276 valence electrons. The predicted molar refractivity (Wildman–Crippen MR) is 209 cm³/mol. The van der Waals surface area contributed by atoms with Gasteiger partial charge in [0.15, 0.2) is 0 Å². The van der Waals surface area contributed by atoms with Gasteiger partial charge < -0.3 is 19.5 Å². The maximum Gasteiger partial charge on any atom is 0.277 e. The lowest BCUT2D eigenvalue weighted by Crippen LogP contribution is -2.53. The number of thiazole rings is 1. The Morgan fingerprint density at radius 2 is 1.63 bits per heavy atom. The van der Waals surface area contributed by atoms with Crippen LogP contribution in [0, 0.1) is 19.8 Å². The number of likely N-dealkylation sites (tertiary alicyclic amines) is 2. The Bertz CT molecular complexity index is 2380. The minimum atomic E-state index is -1.17. The van der Waals surface area contributed by atoms with Gasteiger partial charge in [-0.25, -0.2) is 9.97 Å². The van der Waals surface area contributed by atoms with Crippen molar-refractivity contribution < 1.29 is 14.7 Å². The molecule has 54 heavy (non-hydrogen) atoms. The fourth-order valence-corrected chi connectivity index (χ4v) is 9.06. The number of nitrogens with zero attached hydrogens (tertiary/aromatic N) is 7. The van der Waals surface area contributed by atoms with E-state index in [1.165, 1.54) is 22.2 Å². The number of hydrogen-bond donors (Lipinski definition) is 1. The van der Waals surface area contributed by atoms with E-state index < -0.39 is 5.60 Å². The molecule has 12 heteroatoms. The second-order valence-corrected chi connectivity index (χ2v) is 15.7. The van der Waals surface area contributed by atoms with Gasteiger partial charge in [0.1, 0.15) is 20.9 Å². The van der Waals surface area contributed by atoms with Gasteiger partial charge in [-0.2, -0.15) is 0 Å². The van der Waals surface area contributed by atoms with Crippen molar-refractivity contribution in [1.29, 1.82) is 0 Å². The Morgan fingerprint density at radius 3 is 2.33 bits per heavy atom. The maximum absolute atomic E-state index is 14.3. The van der Waals surface area contributed by atoms with Gasteiger partial charge in [-0.05, 0) is 56.4 Å². The van der Waals surface area contributed by atoms with Gasteiger partial charge in [0.05, 0.1) is 24.2 Å². The van der Waals surface area contributed by atoms with E-state index in [1.54, 1.807) is 10.8 Å². The second kappa shape index (κ2) is 14.4. The van der Waals surface area contributed by atoms with Crippen molar-refractivity contribution in [1.82, 2.24) is 33.9 Å². The van der Waals surface area contributed by atoms with Gasteiger partial charge in [-0.1, -0.05) is 60.7 Å². The number of piperidine rings is 2.